The molecule has 1 rings (SSSR count). The van der Waals surface area contributed by atoms with Gasteiger partial charge in [0.25, 0.3) is 10.1 Å². The van der Waals surface area contributed by atoms with Gasteiger partial charge in [-0.1, -0.05) is 0 Å². The predicted molar refractivity (Wildman–Crippen MR) is 90.8 cm³/mol. The Bertz CT molecular complexity index is 485. The molecule has 156 valence electrons. The molecule has 4 atom stereocenters. The number of β-amino-alcohol motifs (C(OH)–C–C–N with tert-alkyl or cyclic N) is 1. The van der Waals surface area contributed by atoms with Crippen molar-refractivity contribution in [1.29, 1.82) is 0 Å². The molecule has 12 heteroatoms. The van der Waals surface area contributed by atoms with Crippen molar-refractivity contribution in [2.24, 2.45) is 0 Å². The van der Waals surface area contributed by atoms with Gasteiger partial charge in [-0.2, -0.15) is 8.42 Å². The van der Waals surface area contributed by atoms with E-state index < -0.39 is 47.7 Å². The highest BCUT2D eigenvalue weighted by atomic mass is 32.2. The first-order valence-electron chi connectivity index (χ1n) is 8.46. The molecular weight excluding hydrogens is 372 g/mol. The predicted octanol–water partition coefficient (Wildman–Crippen LogP) is -4.62. The monoisotopic (exact) mass is 402 g/mol. The maximum atomic E-state index is 11.9. The molecule has 0 radical (unpaired) electrons. The summed E-state index contributed by atoms with van der Waals surface area (Å²) in [6, 6.07) is 0. The van der Waals surface area contributed by atoms with E-state index in [1.807, 2.05) is 4.90 Å². The van der Waals surface area contributed by atoms with Crippen molar-refractivity contribution in [3.8, 4) is 0 Å². The fraction of sp³-hybridized carbons (Fsp3) is 1.00. The Morgan fingerprint density at radius 1 is 0.846 bits per heavy atom. The zero-order valence-corrected chi connectivity index (χ0v) is 15.4. The summed E-state index contributed by atoms with van der Waals surface area (Å²) in [5.41, 5.74) is 0. The normalized spacial score (nSPS) is 22.1. The zero-order valence-electron chi connectivity index (χ0n) is 14.6. The summed E-state index contributed by atoms with van der Waals surface area (Å²) in [5.74, 6) is -0.294. The lowest BCUT2D eigenvalue weighted by atomic mass is 10.0. The fourth-order valence-corrected chi connectivity index (χ4v) is 3.46. The Morgan fingerprint density at radius 2 is 1.35 bits per heavy atom. The smallest absolute Gasteiger partial charge is 0.268 e. The van der Waals surface area contributed by atoms with Gasteiger partial charge in [0, 0.05) is 39.3 Å². The summed E-state index contributed by atoms with van der Waals surface area (Å²) in [6.07, 6.45) is -7.12. The maximum Gasteiger partial charge on any atom is 0.268 e. The van der Waals surface area contributed by atoms with Gasteiger partial charge in [0.1, 0.15) is 24.4 Å². The summed E-state index contributed by atoms with van der Waals surface area (Å²) in [7, 11) is -3.94. The number of aliphatic hydroxyl groups is 6. The molecule has 11 nitrogen and oxygen atoms in total. The topological polar surface area (TPSA) is 171 Å². The van der Waals surface area contributed by atoms with E-state index in [9.17, 15) is 28.8 Å². The molecule has 0 amide bonds. The Balaban J connectivity index is 2.33. The Kier molecular flexibility index (Phi) is 10.4. The summed E-state index contributed by atoms with van der Waals surface area (Å²) < 4.78 is 28.4. The van der Waals surface area contributed by atoms with Gasteiger partial charge in [-0.3, -0.25) is 14.0 Å². The van der Waals surface area contributed by atoms with E-state index in [4.69, 9.17) is 10.2 Å². The molecule has 1 aliphatic rings. The molecular formula is C14H30N2O9S. The number of nitrogens with zero attached hydrogens (tertiary/aromatic N) is 2. The van der Waals surface area contributed by atoms with E-state index >= 15 is 0 Å². The van der Waals surface area contributed by atoms with Gasteiger partial charge in [-0.15, -0.1) is 0 Å². The average Bonchev–Trinajstić information content (AvgIpc) is 2.64. The summed E-state index contributed by atoms with van der Waals surface area (Å²) in [5, 5.41) is 55.5. The molecule has 6 N–H and O–H groups in total. The van der Waals surface area contributed by atoms with Crippen molar-refractivity contribution in [2.75, 3.05) is 64.8 Å². The van der Waals surface area contributed by atoms with E-state index in [1.54, 1.807) is 0 Å². The average molecular weight is 402 g/mol. The van der Waals surface area contributed by atoms with Crippen LogP contribution in [0.15, 0.2) is 0 Å². The van der Waals surface area contributed by atoms with Crippen LogP contribution in [0.4, 0.5) is 0 Å². The standard InChI is InChI=1S/C14H30N2O9S/c17-7-5-15-1-3-16(4-2-15)6-8-26(23,24)25-10-12(20)14(22)13(21)11(19)9-18/h11-14,17-22H,1-10H2/t11-,12+,13-,14-/m1/s1. The van der Waals surface area contributed by atoms with Crippen LogP contribution < -0.4 is 0 Å². The first-order valence-corrected chi connectivity index (χ1v) is 10.0. The molecule has 0 aromatic carbocycles. The molecule has 0 saturated carbocycles. The van der Waals surface area contributed by atoms with Crippen LogP contribution in [-0.4, -0.2) is 138 Å². The van der Waals surface area contributed by atoms with Gasteiger partial charge in [0.2, 0.25) is 0 Å². The fourth-order valence-electron chi connectivity index (χ4n) is 2.51. The SMILES string of the molecule is O=S(=O)(CCN1CCN(CCO)CC1)OC[C@H](O)[C@@H](O)[C@H](O)[C@H](O)CO. The lowest BCUT2D eigenvalue weighted by Crippen LogP contribution is -2.48. The van der Waals surface area contributed by atoms with E-state index in [-0.39, 0.29) is 18.9 Å². The van der Waals surface area contributed by atoms with Crippen LogP contribution in [0.1, 0.15) is 0 Å². The van der Waals surface area contributed by atoms with Crippen molar-refractivity contribution < 1.29 is 43.2 Å². The second-order valence-electron chi connectivity index (χ2n) is 6.25. The number of hydrogen-bond acceptors (Lipinski definition) is 11. The number of hydrogen-bond donors (Lipinski definition) is 6. The lowest BCUT2D eigenvalue weighted by molar-refractivity contribution is -0.121. The van der Waals surface area contributed by atoms with Crippen molar-refractivity contribution in [3.63, 3.8) is 0 Å². The van der Waals surface area contributed by atoms with Crippen molar-refractivity contribution in [2.45, 2.75) is 24.4 Å². The first-order chi connectivity index (χ1) is 12.2. The molecule has 1 fully saturated rings. The maximum absolute atomic E-state index is 11.9. The number of piperazine rings is 1. The van der Waals surface area contributed by atoms with E-state index in [0.717, 1.165) is 13.1 Å². The first kappa shape index (κ1) is 23.6. The van der Waals surface area contributed by atoms with Crippen LogP contribution in [0.2, 0.25) is 0 Å². The molecule has 0 aromatic heterocycles. The minimum absolute atomic E-state index is 0.0838. The Morgan fingerprint density at radius 3 is 1.85 bits per heavy atom. The van der Waals surface area contributed by atoms with Gasteiger partial charge in [-0.05, 0) is 0 Å². The molecule has 0 aliphatic carbocycles. The molecule has 0 bridgehead atoms. The minimum atomic E-state index is -3.94. The van der Waals surface area contributed by atoms with Crippen LogP contribution in [0.5, 0.6) is 0 Å². The molecule has 1 saturated heterocycles. The van der Waals surface area contributed by atoms with Crippen LogP contribution in [0, 0.1) is 0 Å². The van der Waals surface area contributed by atoms with E-state index in [2.05, 4.69) is 9.08 Å². The number of rotatable bonds is 12. The Hall–Kier alpha value is -0.410. The van der Waals surface area contributed by atoms with E-state index in [1.165, 1.54) is 0 Å². The molecule has 26 heavy (non-hydrogen) atoms. The van der Waals surface area contributed by atoms with Crippen LogP contribution >= 0.6 is 0 Å². The highest BCUT2D eigenvalue weighted by Crippen LogP contribution is 2.08. The second-order valence-corrected chi connectivity index (χ2v) is 8.01. The highest BCUT2D eigenvalue weighted by molar-refractivity contribution is 7.86. The molecule has 1 aliphatic heterocycles. The van der Waals surface area contributed by atoms with Crippen LogP contribution in [0.3, 0.4) is 0 Å². The van der Waals surface area contributed by atoms with Crippen LogP contribution in [-0.2, 0) is 14.3 Å². The summed E-state index contributed by atoms with van der Waals surface area (Å²) in [6.45, 7) is 2.13. The number of aliphatic hydroxyl groups excluding tert-OH is 6. The Labute approximate surface area is 153 Å². The second kappa shape index (κ2) is 11.4. The van der Waals surface area contributed by atoms with E-state index in [0.29, 0.717) is 19.6 Å². The lowest BCUT2D eigenvalue weighted by Gasteiger charge is -2.34. The minimum Gasteiger partial charge on any atom is -0.395 e. The molecule has 0 spiro atoms. The van der Waals surface area contributed by atoms with Crippen molar-refractivity contribution in [1.82, 2.24) is 9.80 Å². The van der Waals surface area contributed by atoms with Gasteiger partial charge in [0.05, 0.1) is 25.6 Å². The van der Waals surface area contributed by atoms with Crippen LogP contribution in [0.25, 0.3) is 0 Å². The third-order valence-corrected chi connectivity index (χ3v) is 5.46. The van der Waals surface area contributed by atoms with Crippen molar-refractivity contribution >= 4 is 10.1 Å². The zero-order chi connectivity index (χ0) is 19.7. The largest absolute Gasteiger partial charge is 0.395 e. The molecule has 0 unspecified atom stereocenters. The highest BCUT2D eigenvalue weighted by Gasteiger charge is 2.31. The third kappa shape index (κ3) is 8.08. The summed E-state index contributed by atoms with van der Waals surface area (Å²) >= 11 is 0. The molecule has 0 aromatic rings. The third-order valence-electron chi connectivity index (χ3n) is 4.28. The van der Waals surface area contributed by atoms with Gasteiger partial charge in [0.15, 0.2) is 0 Å². The quantitative estimate of drug-likeness (QED) is 0.173. The molecule has 1 heterocycles. The summed E-state index contributed by atoms with van der Waals surface area (Å²) in [4.78, 5) is 4.02. The van der Waals surface area contributed by atoms with Gasteiger partial charge in [-0.25, -0.2) is 0 Å². The van der Waals surface area contributed by atoms with Gasteiger partial charge >= 0.3 is 0 Å². The van der Waals surface area contributed by atoms with Crippen molar-refractivity contribution in [3.05, 3.63) is 0 Å². The van der Waals surface area contributed by atoms with Gasteiger partial charge < -0.3 is 30.6 Å².